The summed E-state index contributed by atoms with van der Waals surface area (Å²) >= 11 is 1.70. The van der Waals surface area contributed by atoms with Gasteiger partial charge in [-0.3, -0.25) is 4.79 Å². The number of aliphatic hydroxyl groups excluding tert-OH is 1. The molecule has 0 radical (unpaired) electrons. The molecule has 0 fully saturated rings. The molecule has 20 heavy (non-hydrogen) atoms. The van der Waals surface area contributed by atoms with Crippen molar-refractivity contribution in [2.45, 2.75) is 0 Å². The van der Waals surface area contributed by atoms with Crippen LogP contribution < -0.4 is 4.74 Å². The predicted octanol–water partition coefficient (Wildman–Crippen LogP) is 1.47. The minimum absolute atomic E-state index is 0.0475. The summed E-state index contributed by atoms with van der Waals surface area (Å²) in [5.74, 6) is 6.80. The molecule has 1 amide bonds. The number of aliphatic hydroxyl groups is 1. The van der Waals surface area contributed by atoms with Gasteiger partial charge in [0.2, 0.25) is 0 Å². The van der Waals surface area contributed by atoms with E-state index in [9.17, 15) is 4.79 Å². The minimum Gasteiger partial charge on any atom is -0.495 e. The summed E-state index contributed by atoms with van der Waals surface area (Å²) in [5.41, 5.74) is 1.17. The van der Waals surface area contributed by atoms with Crippen LogP contribution in [0.1, 0.15) is 15.9 Å². The number of hydrogen-bond donors (Lipinski definition) is 1. The number of ether oxygens (including phenoxy) is 1. The minimum atomic E-state index is -0.227. The van der Waals surface area contributed by atoms with E-state index in [0.29, 0.717) is 23.4 Å². The van der Waals surface area contributed by atoms with Crippen LogP contribution in [0.25, 0.3) is 0 Å². The Labute approximate surface area is 124 Å². The second kappa shape index (κ2) is 8.51. The lowest BCUT2D eigenvalue weighted by atomic mass is 10.1. The molecule has 4 nitrogen and oxygen atoms in total. The number of benzene rings is 1. The van der Waals surface area contributed by atoms with E-state index in [4.69, 9.17) is 9.84 Å². The monoisotopic (exact) mass is 293 g/mol. The van der Waals surface area contributed by atoms with Crippen LogP contribution in [0, 0.1) is 11.8 Å². The summed E-state index contributed by atoms with van der Waals surface area (Å²) in [5, 5.41) is 8.76. The van der Waals surface area contributed by atoms with Crippen LogP contribution in [-0.4, -0.2) is 55.2 Å². The molecule has 0 saturated heterocycles. The van der Waals surface area contributed by atoms with Gasteiger partial charge in [-0.1, -0.05) is 11.8 Å². The summed E-state index contributed by atoms with van der Waals surface area (Å²) in [7, 11) is 3.33. The van der Waals surface area contributed by atoms with Gasteiger partial charge in [0, 0.05) is 24.9 Å². The van der Waals surface area contributed by atoms with Crippen LogP contribution in [0.15, 0.2) is 18.2 Å². The molecule has 0 aromatic heterocycles. The maximum Gasteiger partial charge on any atom is 0.253 e. The van der Waals surface area contributed by atoms with Gasteiger partial charge >= 0.3 is 0 Å². The van der Waals surface area contributed by atoms with Gasteiger partial charge in [0.05, 0.1) is 12.7 Å². The first-order chi connectivity index (χ1) is 9.63. The van der Waals surface area contributed by atoms with Crippen LogP contribution in [0.3, 0.4) is 0 Å². The molecule has 108 valence electrons. The van der Waals surface area contributed by atoms with Crippen molar-refractivity contribution in [1.82, 2.24) is 4.90 Å². The third-order valence-electron chi connectivity index (χ3n) is 2.73. The number of thioether (sulfide) groups is 1. The number of amides is 1. The molecule has 1 N–H and O–H groups in total. The number of carbonyl (C=O) groups is 1. The average Bonchev–Trinajstić information content (AvgIpc) is 2.49. The zero-order valence-electron chi connectivity index (χ0n) is 12.0. The standard InChI is InChI=1S/C15H19NO3S/c1-16(8-10-20-3)15(18)13-6-7-14(19-2)12(11-13)5-4-9-17/h6-7,11,17H,8-10H2,1-3H3. The summed E-state index contributed by atoms with van der Waals surface area (Å²) < 4.78 is 5.19. The first-order valence-electron chi connectivity index (χ1n) is 6.16. The molecule has 0 aliphatic carbocycles. The van der Waals surface area contributed by atoms with E-state index in [1.807, 2.05) is 6.26 Å². The fraction of sp³-hybridized carbons (Fsp3) is 0.400. The largest absolute Gasteiger partial charge is 0.495 e. The smallest absolute Gasteiger partial charge is 0.253 e. The predicted molar refractivity (Wildman–Crippen MR) is 82.3 cm³/mol. The maximum absolute atomic E-state index is 12.3. The number of nitrogens with zero attached hydrogens (tertiary/aromatic N) is 1. The number of methoxy groups -OCH3 is 1. The molecule has 0 atom stereocenters. The Balaban J connectivity index is 2.98. The number of hydrogen-bond acceptors (Lipinski definition) is 4. The highest BCUT2D eigenvalue weighted by Crippen LogP contribution is 2.19. The summed E-state index contributed by atoms with van der Waals surface area (Å²) in [4.78, 5) is 13.9. The fourth-order valence-electron chi connectivity index (χ4n) is 1.62. The van der Waals surface area contributed by atoms with Crippen molar-refractivity contribution >= 4 is 17.7 Å². The molecule has 0 aliphatic rings. The van der Waals surface area contributed by atoms with Gasteiger partial charge in [-0.15, -0.1) is 0 Å². The first-order valence-corrected chi connectivity index (χ1v) is 7.55. The lowest BCUT2D eigenvalue weighted by molar-refractivity contribution is 0.0803. The van der Waals surface area contributed by atoms with Crippen LogP contribution in [0.2, 0.25) is 0 Å². The highest BCUT2D eigenvalue weighted by atomic mass is 32.2. The quantitative estimate of drug-likeness (QED) is 0.835. The Morgan fingerprint density at radius 2 is 2.25 bits per heavy atom. The zero-order chi connectivity index (χ0) is 15.0. The van der Waals surface area contributed by atoms with Crippen molar-refractivity contribution in [1.29, 1.82) is 0 Å². The Bertz CT molecular complexity index is 520. The van der Waals surface area contributed by atoms with E-state index in [2.05, 4.69) is 11.8 Å². The number of rotatable bonds is 5. The van der Waals surface area contributed by atoms with Gasteiger partial charge in [0.1, 0.15) is 12.4 Å². The van der Waals surface area contributed by atoms with E-state index >= 15 is 0 Å². The Hall–Kier alpha value is -1.64. The van der Waals surface area contributed by atoms with E-state index in [-0.39, 0.29) is 12.5 Å². The van der Waals surface area contributed by atoms with E-state index in [1.54, 1.807) is 49.0 Å². The van der Waals surface area contributed by atoms with Crippen LogP contribution in [0.5, 0.6) is 5.75 Å². The molecule has 0 bridgehead atoms. The second-order valence-corrected chi connectivity index (χ2v) is 5.08. The first kappa shape index (κ1) is 16.4. The fourth-order valence-corrected chi connectivity index (χ4v) is 2.08. The maximum atomic E-state index is 12.3. The molecule has 0 heterocycles. The van der Waals surface area contributed by atoms with Crippen LogP contribution in [-0.2, 0) is 0 Å². The molecule has 1 rings (SSSR count). The normalized spacial score (nSPS) is 9.60. The van der Waals surface area contributed by atoms with Gasteiger partial charge in [-0.25, -0.2) is 0 Å². The third-order valence-corrected chi connectivity index (χ3v) is 3.32. The van der Waals surface area contributed by atoms with E-state index < -0.39 is 0 Å². The van der Waals surface area contributed by atoms with Crippen LogP contribution >= 0.6 is 11.8 Å². The van der Waals surface area contributed by atoms with Gasteiger partial charge in [-0.05, 0) is 24.5 Å². The Morgan fingerprint density at radius 3 is 2.85 bits per heavy atom. The van der Waals surface area contributed by atoms with E-state index in [1.165, 1.54) is 0 Å². The molecule has 0 aliphatic heterocycles. The highest BCUT2D eigenvalue weighted by Gasteiger charge is 2.13. The molecule has 0 spiro atoms. The molecular weight excluding hydrogens is 274 g/mol. The van der Waals surface area contributed by atoms with E-state index in [0.717, 1.165) is 5.75 Å². The number of carbonyl (C=O) groups excluding carboxylic acids is 1. The third kappa shape index (κ3) is 4.48. The SMILES string of the molecule is COc1ccc(C(=O)N(C)CCSC)cc1C#CCO. The van der Waals surface area contributed by atoms with Crippen molar-refractivity contribution in [3.05, 3.63) is 29.3 Å². The average molecular weight is 293 g/mol. The van der Waals surface area contributed by atoms with Gasteiger partial charge < -0.3 is 14.7 Å². The lowest BCUT2D eigenvalue weighted by Crippen LogP contribution is -2.28. The topological polar surface area (TPSA) is 49.8 Å². The Kier molecular flexibility index (Phi) is 6.99. The summed E-state index contributed by atoms with van der Waals surface area (Å²) in [6.45, 7) is 0.471. The second-order valence-electron chi connectivity index (χ2n) is 4.09. The van der Waals surface area contributed by atoms with Crippen molar-refractivity contribution in [3.63, 3.8) is 0 Å². The summed E-state index contributed by atoms with van der Waals surface area (Å²) in [6.07, 6.45) is 2.01. The van der Waals surface area contributed by atoms with Crippen LogP contribution in [0.4, 0.5) is 0 Å². The molecule has 1 aromatic rings. The molecular formula is C15H19NO3S. The summed E-state index contributed by atoms with van der Waals surface area (Å²) in [6, 6.07) is 5.14. The van der Waals surface area contributed by atoms with Crippen molar-refractivity contribution in [2.24, 2.45) is 0 Å². The molecule has 0 unspecified atom stereocenters. The van der Waals surface area contributed by atoms with Crippen molar-refractivity contribution in [2.75, 3.05) is 39.3 Å². The van der Waals surface area contributed by atoms with Crippen molar-refractivity contribution in [3.8, 4) is 17.6 Å². The lowest BCUT2D eigenvalue weighted by Gasteiger charge is -2.17. The molecule has 5 heteroatoms. The van der Waals surface area contributed by atoms with Gasteiger partial charge in [0.15, 0.2) is 0 Å². The van der Waals surface area contributed by atoms with Crippen molar-refractivity contribution < 1.29 is 14.6 Å². The molecule has 1 aromatic carbocycles. The van der Waals surface area contributed by atoms with Gasteiger partial charge in [0.25, 0.3) is 5.91 Å². The zero-order valence-corrected chi connectivity index (χ0v) is 12.8. The molecule has 0 saturated carbocycles. The van der Waals surface area contributed by atoms with Gasteiger partial charge in [-0.2, -0.15) is 11.8 Å². The Morgan fingerprint density at radius 1 is 1.50 bits per heavy atom. The highest BCUT2D eigenvalue weighted by molar-refractivity contribution is 7.98.